The number of nitrogens with zero attached hydrogens (tertiary/aromatic N) is 1. The molecule has 6 nitrogen and oxygen atoms in total. The summed E-state index contributed by atoms with van der Waals surface area (Å²) in [6.45, 7) is 1.99. The zero-order valence-electron chi connectivity index (χ0n) is 16.1. The molecule has 0 bridgehead atoms. The molecule has 0 spiro atoms. The van der Waals surface area contributed by atoms with E-state index in [0.29, 0.717) is 21.3 Å². The fraction of sp³-hybridized carbons (Fsp3) is 0.318. The van der Waals surface area contributed by atoms with E-state index in [1.54, 1.807) is 12.1 Å². The van der Waals surface area contributed by atoms with Crippen molar-refractivity contribution in [3.63, 3.8) is 0 Å². The molecule has 0 radical (unpaired) electrons. The second kappa shape index (κ2) is 8.02. The molecule has 1 atom stereocenters. The van der Waals surface area contributed by atoms with Gasteiger partial charge >= 0.3 is 5.63 Å². The molecule has 0 aliphatic carbocycles. The Hall–Kier alpha value is -2.41. The van der Waals surface area contributed by atoms with Gasteiger partial charge in [-0.15, -0.1) is 0 Å². The number of anilines is 1. The number of hydrogen-bond donors (Lipinski definition) is 1. The molecule has 3 aromatic rings. The smallest absolute Gasteiger partial charge is 0.338 e. The minimum atomic E-state index is -0.429. The van der Waals surface area contributed by atoms with Gasteiger partial charge in [0.2, 0.25) is 6.79 Å². The van der Waals surface area contributed by atoms with Crippen molar-refractivity contribution in [2.75, 3.05) is 18.7 Å². The SMILES string of the molecule is O=c1cc(NC2CCCCN2Cc2ccc3c(c2)OCO3)c2cc(Cl)c(Cl)cc2o1. The molecule has 0 saturated carbocycles. The number of rotatable bonds is 4. The molecular formula is C22H20Cl2N2O4. The molecular weight excluding hydrogens is 427 g/mol. The van der Waals surface area contributed by atoms with Crippen LogP contribution in [0.4, 0.5) is 5.69 Å². The minimum absolute atomic E-state index is 0.0728. The third kappa shape index (κ3) is 3.83. The summed E-state index contributed by atoms with van der Waals surface area (Å²) in [6.07, 6.45) is 3.28. The summed E-state index contributed by atoms with van der Waals surface area (Å²) in [5.41, 5.74) is 1.83. The van der Waals surface area contributed by atoms with E-state index in [4.69, 9.17) is 37.1 Å². The van der Waals surface area contributed by atoms with Gasteiger partial charge in [0, 0.05) is 30.6 Å². The molecule has 8 heteroatoms. The average molecular weight is 447 g/mol. The maximum absolute atomic E-state index is 12.1. The molecule has 1 aromatic heterocycles. The van der Waals surface area contributed by atoms with Crippen LogP contribution in [-0.2, 0) is 6.54 Å². The number of hydrogen-bond acceptors (Lipinski definition) is 6. The van der Waals surface area contributed by atoms with Gasteiger partial charge in [0.25, 0.3) is 0 Å². The standard InChI is InChI=1S/C22H20Cl2N2O4/c23-15-8-14-17(10-22(27)30-19(14)9-16(15)24)25-21-3-1-2-6-26(21)11-13-4-5-18-20(7-13)29-12-28-18/h4-5,7-10,21,25H,1-3,6,11-12H2. The molecule has 0 amide bonds. The highest BCUT2D eigenvalue weighted by Crippen LogP contribution is 2.34. The van der Waals surface area contributed by atoms with E-state index in [0.717, 1.165) is 54.8 Å². The van der Waals surface area contributed by atoms with Gasteiger partial charge in [0.15, 0.2) is 11.5 Å². The second-order valence-electron chi connectivity index (χ2n) is 7.56. The number of nitrogens with one attached hydrogen (secondary N) is 1. The number of likely N-dealkylation sites (tertiary alicyclic amines) is 1. The van der Waals surface area contributed by atoms with Crippen LogP contribution in [0.1, 0.15) is 24.8 Å². The van der Waals surface area contributed by atoms with Crippen LogP contribution in [0, 0.1) is 0 Å². The Morgan fingerprint density at radius 1 is 1.03 bits per heavy atom. The Bertz CT molecular complexity index is 1160. The summed E-state index contributed by atoms with van der Waals surface area (Å²) >= 11 is 12.3. The van der Waals surface area contributed by atoms with Crippen LogP contribution in [0.25, 0.3) is 11.0 Å². The molecule has 1 fully saturated rings. The van der Waals surface area contributed by atoms with Crippen molar-refractivity contribution in [3.05, 3.63) is 62.4 Å². The Morgan fingerprint density at radius 2 is 1.87 bits per heavy atom. The van der Waals surface area contributed by atoms with Crippen molar-refractivity contribution in [2.45, 2.75) is 32.0 Å². The summed E-state index contributed by atoms with van der Waals surface area (Å²) in [6, 6.07) is 10.8. The lowest BCUT2D eigenvalue weighted by atomic mass is 10.1. The molecule has 2 aliphatic heterocycles. The highest BCUT2D eigenvalue weighted by Gasteiger charge is 2.24. The second-order valence-corrected chi connectivity index (χ2v) is 8.37. The number of benzene rings is 2. The Kier molecular flexibility index (Phi) is 5.23. The van der Waals surface area contributed by atoms with E-state index >= 15 is 0 Å². The molecule has 30 heavy (non-hydrogen) atoms. The lowest BCUT2D eigenvalue weighted by Gasteiger charge is -2.37. The first-order chi connectivity index (χ1) is 14.6. The van der Waals surface area contributed by atoms with Gasteiger partial charge in [-0.3, -0.25) is 4.90 Å². The summed E-state index contributed by atoms with van der Waals surface area (Å²) in [4.78, 5) is 14.5. The predicted molar refractivity (Wildman–Crippen MR) is 117 cm³/mol. The lowest BCUT2D eigenvalue weighted by Crippen LogP contribution is -2.44. The normalized spacial score (nSPS) is 18.7. The minimum Gasteiger partial charge on any atom is -0.454 e. The Morgan fingerprint density at radius 3 is 2.77 bits per heavy atom. The number of fused-ring (bicyclic) bond motifs is 2. The van der Waals surface area contributed by atoms with E-state index < -0.39 is 5.63 Å². The van der Waals surface area contributed by atoms with Crippen LogP contribution in [0.2, 0.25) is 10.0 Å². The van der Waals surface area contributed by atoms with Crippen molar-refractivity contribution in [1.82, 2.24) is 4.90 Å². The molecule has 1 N–H and O–H groups in total. The van der Waals surface area contributed by atoms with Crippen LogP contribution < -0.4 is 20.4 Å². The third-order valence-electron chi connectivity index (χ3n) is 5.54. The van der Waals surface area contributed by atoms with E-state index in [1.165, 1.54) is 6.07 Å². The van der Waals surface area contributed by atoms with Crippen molar-refractivity contribution >= 4 is 39.9 Å². The van der Waals surface area contributed by atoms with E-state index in [-0.39, 0.29) is 13.0 Å². The quantitative estimate of drug-likeness (QED) is 0.551. The Balaban J connectivity index is 1.43. The summed E-state index contributed by atoms with van der Waals surface area (Å²) < 4.78 is 16.2. The highest BCUT2D eigenvalue weighted by atomic mass is 35.5. The maximum Gasteiger partial charge on any atom is 0.338 e. The zero-order valence-corrected chi connectivity index (χ0v) is 17.6. The third-order valence-corrected chi connectivity index (χ3v) is 6.27. The van der Waals surface area contributed by atoms with Crippen LogP contribution in [0.15, 0.2) is 45.6 Å². The van der Waals surface area contributed by atoms with Crippen molar-refractivity contribution in [2.24, 2.45) is 0 Å². The van der Waals surface area contributed by atoms with Crippen molar-refractivity contribution < 1.29 is 13.9 Å². The van der Waals surface area contributed by atoms with Crippen molar-refractivity contribution in [3.8, 4) is 11.5 Å². The van der Waals surface area contributed by atoms with Crippen LogP contribution in [0.5, 0.6) is 11.5 Å². The van der Waals surface area contributed by atoms with Gasteiger partial charge in [-0.25, -0.2) is 4.79 Å². The first-order valence-electron chi connectivity index (χ1n) is 9.89. The van der Waals surface area contributed by atoms with Crippen LogP contribution >= 0.6 is 23.2 Å². The van der Waals surface area contributed by atoms with Crippen LogP contribution in [-0.4, -0.2) is 24.4 Å². The fourth-order valence-corrected chi connectivity index (χ4v) is 4.39. The molecule has 1 saturated heterocycles. The maximum atomic E-state index is 12.1. The van der Waals surface area contributed by atoms with Gasteiger partial charge in [0.05, 0.1) is 21.9 Å². The molecule has 2 aromatic carbocycles. The van der Waals surface area contributed by atoms with Gasteiger partial charge in [0.1, 0.15) is 5.58 Å². The van der Waals surface area contributed by atoms with E-state index in [9.17, 15) is 4.79 Å². The largest absolute Gasteiger partial charge is 0.454 e. The molecule has 5 rings (SSSR count). The first kappa shape index (κ1) is 19.5. The van der Waals surface area contributed by atoms with E-state index in [1.807, 2.05) is 12.1 Å². The highest BCUT2D eigenvalue weighted by molar-refractivity contribution is 6.42. The average Bonchev–Trinajstić information content (AvgIpc) is 3.19. The number of halogens is 2. The van der Waals surface area contributed by atoms with E-state index in [2.05, 4.69) is 16.3 Å². The van der Waals surface area contributed by atoms with Gasteiger partial charge in [-0.2, -0.15) is 0 Å². The summed E-state index contributed by atoms with van der Waals surface area (Å²) in [5, 5.41) is 5.05. The van der Waals surface area contributed by atoms with Gasteiger partial charge < -0.3 is 19.2 Å². The molecule has 3 heterocycles. The topological polar surface area (TPSA) is 63.9 Å². The fourth-order valence-electron chi connectivity index (χ4n) is 4.07. The lowest BCUT2D eigenvalue weighted by molar-refractivity contribution is 0.158. The first-order valence-corrected chi connectivity index (χ1v) is 10.6. The molecule has 156 valence electrons. The van der Waals surface area contributed by atoms with Crippen LogP contribution in [0.3, 0.4) is 0 Å². The van der Waals surface area contributed by atoms with Gasteiger partial charge in [-0.1, -0.05) is 29.3 Å². The molecule has 1 unspecified atom stereocenters. The zero-order chi connectivity index (χ0) is 20.7. The predicted octanol–water partition coefficient (Wildman–Crippen LogP) is 5.25. The summed E-state index contributed by atoms with van der Waals surface area (Å²) in [7, 11) is 0. The Labute approximate surface area is 183 Å². The number of piperidine rings is 1. The molecule has 2 aliphatic rings. The monoisotopic (exact) mass is 446 g/mol. The van der Waals surface area contributed by atoms with Gasteiger partial charge in [-0.05, 0) is 43.0 Å². The number of ether oxygens (including phenoxy) is 2. The summed E-state index contributed by atoms with van der Waals surface area (Å²) in [5.74, 6) is 1.57. The van der Waals surface area contributed by atoms with Crippen molar-refractivity contribution in [1.29, 1.82) is 0 Å².